The van der Waals surface area contributed by atoms with Crippen molar-refractivity contribution in [2.45, 2.75) is 39.0 Å². The van der Waals surface area contributed by atoms with Gasteiger partial charge in [-0.2, -0.15) is 0 Å². The summed E-state index contributed by atoms with van der Waals surface area (Å²) in [6.07, 6.45) is 1.02. The summed E-state index contributed by atoms with van der Waals surface area (Å²) in [6.45, 7) is 7.50. The number of nitrogens with one attached hydrogen (secondary N) is 1. The van der Waals surface area contributed by atoms with Crippen molar-refractivity contribution in [2.75, 3.05) is 19.6 Å². The molecule has 0 unspecified atom stereocenters. The van der Waals surface area contributed by atoms with Crippen LogP contribution in [-0.4, -0.2) is 42.6 Å². The fraction of sp³-hybridized carbons (Fsp3) is 0.611. The third-order valence-corrected chi connectivity index (χ3v) is 4.78. The van der Waals surface area contributed by atoms with Crippen LogP contribution in [0.3, 0.4) is 0 Å². The molecule has 23 heavy (non-hydrogen) atoms. The van der Waals surface area contributed by atoms with E-state index in [1.165, 1.54) is 5.56 Å². The van der Waals surface area contributed by atoms with Gasteiger partial charge < -0.3 is 10.1 Å². The van der Waals surface area contributed by atoms with Gasteiger partial charge in [0.15, 0.2) is 0 Å². The van der Waals surface area contributed by atoms with Crippen LogP contribution in [0.25, 0.3) is 0 Å². The molecular weight excluding hydrogens is 312 g/mol. The fourth-order valence-electron chi connectivity index (χ4n) is 3.47. The maximum absolute atomic E-state index is 12.4. The van der Waals surface area contributed by atoms with Gasteiger partial charge in [0, 0.05) is 31.2 Å². The maximum Gasteiger partial charge on any atom is 0.225 e. The Balaban J connectivity index is 1.58. The minimum absolute atomic E-state index is 0.0110. The average Bonchev–Trinajstić information content (AvgIpc) is 2.79. The monoisotopic (exact) mass is 336 g/mol. The van der Waals surface area contributed by atoms with Gasteiger partial charge >= 0.3 is 0 Å². The van der Waals surface area contributed by atoms with Gasteiger partial charge in [0.2, 0.25) is 5.91 Å². The minimum atomic E-state index is -0.0110. The van der Waals surface area contributed by atoms with Crippen molar-refractivity contribution >= 4 is 17.5 Å². The molecule has 0 aromatic heterocycles. The van der Waals surface area contributed by atoms with Crippen LogP contribution in [0.1, 0.15) is 25.8 Å². The van der Waals surface area contributed by atoms with Gasteiger partial charge in [-0.15, -0.1) is 0 Å². The maximum atomic E-state index is 12.4. The molecule has 0 spiro atoms. The van der Waals surface area contributed by atoms with Crippen LogP contribution in [0.5, 0.6) is 0 Å². The number of hydrogen-bond donors (Lipinski definition) is 1. The third kappa shape index (κ3) is 4.25. The molecule has 4 nitrogen and oxygen atoms in total. The quantitative estimate of drug-likeness (QED) is 0.899. The van der Waals surface area contributed by atoms with E-state index in [2.05, 4.69) is 30.1 Å². The predicted molar refractivity (Wildman–Crippen MR) is 91.3 cm³/mol. The molecule has 0 saturated carbocycles. The van der Waals surface area contributed by atoms with Gasteiger partial charge in [-0.05, 0) is 30.0 Å². The van der Waals surface area contributed by atoms with Crippen LogP contribution in [0.15, 0.2) is 24.3 Å². The molecule has 1 amide bonds. The Bertz CT molecular complexity index is 564. The van der Waals surface area contributed by atoms with E-state index in [1.54, 1.807) is 0 Å². The van der Waals surface area contributed by atoms with Gasteiger partial charge in [0.05, 0.1) is 18.1 Å². The molecule has 2 aliphatic rings. The van der Waals surface area contributed by atoms with E-state index >= 15 is 0 Å². The van der Waals surface area contributed by atoms with E-state index < -0.39 is 0 Å². The van der Waals surface area contributed by atoms with Crippen molar-refractivity contribution in [3.8, 4) is 0 Å². The van der Waals surface area contributed by atoms with Gasteiger partial charge in [0.1, 0.15) is 0 Å². The SMILES string of the molecule is CC(C)CNC(=O)[C@H]1C[C@H]2CN(Cc3cccc(Cl)c3)C[C@H]1O2. The molecule has 3 atom stereocenters. The number of benzene rings is 1. The number of carbonyl (C=O) groups excluding carboxylic acids is 1. The van der Waals surface area contributed by atoms with Crippen molar-refractivity contribution < 1.29 is 9.53 Å². The first-order valence-corrected chi connectivity index (χ1v) is 8.79. The Morgan fingerprint density at radius 1 is 1.43 bits per heavy atom. The van der Waals surface area contributed by atoms with Crippen molar-refractivity contribution in [3.63, 3.8) is 0 Å². The summed E-state index contributed by atoms with van der Waals surface area (Å²) >= 11 is 6.06. The molecular formula is C18H25ClN2O2. The number of halogens is 1. The molecule has 2 bridgehead atoms. The van der Waals surface area contributed by atoms with Crippen molar-refractivity contribution in [2.24, 2.45) is 11.8 Å². The van der Waals surface area contributed by atoms with E-state index in [0.29, 0.717) is 5.92 Å². The van der Waals surface area contributed by atoms with Crippen LogP contribution < -0.4 is 5.32 Å². The summed E-state index contributed by atoms with van der Waals surface area (Å²) < 4.78 is 6.00. The first-order chi connectivity index (χ1) is 11.0. The number of likely N-dealkylation sites (tertiary alicyclic amines) is 1. The van der Waals surface area contributed by atoms with Crippen molar-refractivity contribution in [1.29, 1.82) is 0 Å². The number of fused-ring (bicyclic) bond motifs is 2. The van der Waals surface area contributed by atoms with Crippen LogP contribution in [0.4, 0.5) is 0 Å². The highest BCUT2D eigenvalue weighted by Gasteiger charge is 2.44. The summed E-state index contributed by atoms with van der Waals surface area (Å²) in [5.41, 5.74) is 1.21. The van der Waals surface area contributed by atoms with Gasteiger partial charge in [-0.3, -0.25) is 9.69 Å². The van der Waals surface area contributed by atoms with Gasteiger partial charge in [-0.25, -0.2) is 0 Å². The van der Waals surface area contributed by atoms with Crippen LogP contribution >= 0.6 is 11.6 Å². The number of nitrogens with zero attached hydrogens (tertiary/aromatic N) is 1. The smallest absolute Gasteiger partial charge is 0.225 e. The molecule has 1 aromatic rings. The lowest BCUT2D eigenvalue weighted by Gasteiger charge is -2.32. The molecule has 0 aliphatic carbocycles. The van der Waals surface area contributed by atoms with Crippen LogP contribution in [0, 0.1) is 11.8 Å². The predicted octanol–water partition coefficient (Wildman–Crippen LogP) is 2.70. The molecule has 5 heteroatoms. The lowest BCUT2D eigenvalue weighted by Crippen LogP contribution is -2.45. The van der Waals surface area contributed by atoms with Crippen molar-refractivity contribution in [3.05, 3.63) is 34.9 Å². The zero-order valence-electron chi connectivity index (χ0n) is 13.8. The second-order valence-corrected chi connectivity index (χ2v) is 7.54. The van der Waals surface area contributed by atoms with Crippen LogP contribution in [-0.2, 0) is 16.1 Å². The molecule has 2 heterocycles. The molecule has 2 aliphatic heterocycles. The Morgan fingerprint density at radius 2 is 2.26 bits per heavy atom. The molecule has 1 N–H and O–H groups in total. The highest BCUT2D eigenvalue weighted by molar-refractivity contribution is 6.30. The Hall–Kier alpha value is -1.10. The van der Waals surface area contributed by atoms with Crippen molar-refractivity contribution in [1.82, 2.24) is 10.2 Å². The Kier molecular flexibility index (Phi) is 5.24. The summed E-state index contributed by atoms with van der Waals surface area (Å²) in [7, 11) is 0. The van der Waals surface area contributed by atoms with Gasteiger partial charge in [-0.1, -0.05) is 37.6 Å². The molecule has 0 radical (unpaired) electrons. The standard InChI is InChI=1S/C18H25ClN2O2/c1-12(2)8-20-18(22)16-7-15-10-21(11-17(16)23-15)9-13-4-3-5-14(19)6-13/h3-6,12,15-17H,7-11H2,1-2H3,(H,20,22)/t15-,16-,17+/m0/s1. The third-order valence-electron chi connectivity index (χ3n) is 4.55. The highest BCUT2D eigenvalue weighted by atomic mass is 35.5. The summed E-state index contributed by atoms with van der Waals surface area (Å²) in [5.74, 6) is 0.610. The minimum Gasteiger partial charge on any atom is -0.371 e. The van der Waals surface area contributed by atoms with E-state index in [9.17, 15) is 4.79 Å². The molecule has 2 saturated heterocycles. The van der Waals surface area contributed by atoms with E-state index in [4.69, 9.17) is 16.3 Å². The van der Waals surface area contributed by atoms with E-state index in [1.807, 2.05) is 18.2 Å². The second kappa shape index (κ2) is 7.20. The number of carbonyl (C=O) groups is 1. The number of amides is 1. The summed E-state index contributed by atoms with van der Waals surface area (Å²) in [4.78, 5) is 14.8. The largest absolute Gasteiger partial charge is 0.371 e. The zero-order chi connectivity index (χ0) is 16.4. The molecule has 126 valence electrons. The lowest BCUT2D eigenvalue weighted by molar-refractivity contribution is -0.128. The molecule has 3 rings (SSSR count). The number of rotatable bonds is 5. The van der Waals surface area contributed by atoms with E-state index in [-0.39, 0.29) is 24.0 Å². The van der Waals surface area contributed by atoms with E-state index in [0.717, 1.165) is 37.6 Å². The zero-order valence-corrected chi connectivity index (χ0v) is 14.6. The highest BCUT2D eigenvalue weighted by Crippen LogP contribution is 2.32. The normalized spacial score (nSPS) is 27.4. The van der Waals surface area contributed by atoms with Gasteiger partial charge in [0.25, 0.3) is 0 Å². The lowest BCUT2D eigenvalue weighted by atomic mass is 9.99. The summed E-state index contributed by atoms with van der Waals surface area (Å²) in [6, 6.07) is 7.97. The topological polar surface area (TPSA) is 41.6 Å². The number of morpholine rings is 1. The number of hydrogen-bond acceptors (Lipinski definition) is 3. The molecule has 2 fully saturated rings. The van der Waals surface area contributed by atoms with Crippen LogP contribution in [0.2, 0.25) is 5.02 Å². The average molecular weight is 337 g/mol. The molecule has 1 aromatic carbocycles. The first kappa shape index (κ1) is 16.7. The Labute approximate surface area is 143 Å². The fourth-order valence-corrected chi connectivity index (χ4v) is 3.68. The Morgan fingerprint density at radius 3 is 3.00 bits per heavy atom. The first-order valence-electron chi connectivity index (χ1n) is 8.41. The summed E-state index contributed by atoms with van der Waals surface area (Å²) in [5, 5.41) is 3.82. The second-order valence-electron chi connectivity index (χ2n) is 7.10. The number of ether oxygens (including phenoxy) is 1.